The molecule has 22 heavy (non-hydrogen) atoms. The summed E-state index contributed by atoms with van der Waals surface area (Å²) in [7, 11) is -20.7. The largest absolute Gasteiger partial charge is 0.456 e. The van der Waals surface area contributed by atoms with E-state index >= 15 is 0 Å². The van der Waals surface area contributed by atoms with E-state index in [0.29, 0.717) is 0 Å². The molecule has 0 aliphatic carbocycles. The summed E-state index contributed by atoms with van der Waals surface area (Å²) in [5, 5.41) is 0. The molecule has 0 spiro atoms. The predicted molar refractivity (Wildman–Crippen MR) is 62.3 cm³/mol. The molecule has 0 bridgehead atoms. The van der Waals surface area contributed by atoms with Gasteiger partial charge in [0.2, 0.25) is 0 Å². The highest BCUT2D eigenvalue weighted by Crippen LogP contribution is 2.39. The summed E-state index contributed by atoms with van der Waals surface area (Å²) in [5.41, 5.74) is 0. The molecule has 0 rings (SSSR count). The van der Waals surface area contributed by atoms with E-state index in [0.717, 1.165) is 0 Å². The molecule has 22 heteroatoms. The molecule has 0 unspecified atom stereocenters. The van der Waals surface area contributed by atoms with Crippen molar-refractivity contribution < 1.29 is 74.6 Å². The van der Waals surface area contributed by atoms with E-state index in [4.69, 9.17) is 49.4 Å². The molecule has 142 valence electrons. The molecule has 11 nitrogen and oxygen atoms in total. The standard InChI is InChI=1S/2F3P.2H2O4S.H3O3P/c2*1-4(2)3;2*1-5(2,3)4;1-4(2)3/h;;2*(H2,1,2,3,4);4H,(H2,1,2,3). The lowest BCUT2D eigenvalue weighted by Gasteiger charge is -1.68. The van der Waals surface area contributed by atoms with Crippen molar-refractivity contribution in [1.82, 2.24) is 0 Å². The van der Waals surface area contributed by atoms with E-state index in [9.17, 15) is 25.2 Å². The Labute approximate surface area is 122 Å². The van der Waals surface area contributed by atoms with Crippen molar-refractivity contribution in [2.45, 2.75) is 0 Å². The monoisotopic (exact) mass is 454 g/mol. The van der Waals surface area contributed by atoms with Gasteiger partial charge in [0, 0.05) is 0 Å². The van der Waals surface area contributed by atoms with Crippen molar-refractivity contribution in [2.24, 2.45) is 0 Å². The Bertz CT molecular complexity index is 369. The van der Waals surface area contributed by atoms with Gasteiger partial charge in [-0.15, -0.1) is 0 Å². The molecular formula is H7F6O11P3S2. The Kier molecular flexibility index (Phi) is 29.8. The SMILES string of the molecule is FP(F)F.FP(F)F.O=S(=O)(O)O.O=S(=O)(O)O.O=[PH](O)O. The van der Waals surface area contributed by atoms with E-state index in [1.165, 1.54) is 0 Å². The molecule has 0 aliphatic heterocycles. The molecule has 0 aromatic rings. The number of hydrogen-bond donors (Lipinski definition) is 6. The summed E-state index contributed by atoms with van der Waals surface area (Å²) in [6.45, 7) is 0. The minimum absolute atomic E-state index is 3.13. The van der Waals surface area contributed by atoms with Crippen LogP contribution in [0.4, 0.5) is 25.2 Å². The average Bonchev–Trinajstić information content (AvgIpc) is 1.88. The third-order valence-corrected chi connectivity index (χ3v) is 0. The molecular weight excluding hydrogens is 447 g/mol. The zero-order chi connectivity index (χ0) is 19.7. The van der Waals surface area contributed by atoms with Crippen LogP contribution in [0.25, 0.3) is 0 Å². The maximum atomic E-state index is 9.73. The van der Waals surface area contributed by atoms with Gasteiger partial charge in [-0.1, -0.05) is 0 Å². The first kappa shape index (κ1) is 33.8. The predicted octanol–water partition coefficient (Wildman–Crippen LogP) is 2.30. The van der Waals surface area contributed by atoms with Crippen molar-refractivity contribution in [3.63, 3.8) is 0 Å². The Hall–Kier alpha value is 0.330. The third kappa shape index (κ3) is 69800. The normalized spacial score (nSPS) is 10.1. The Balaban J connectivity index is -0.0000000550. The van der Waals surface area contributed by atoms with E-state index in [1.807, 2.05) is 0 Å². The van der Waals surface area contributed by atoms with Crippen LogP contribution in [0.1, 0.15) is 0 Å². The molecule has 6 N–H and O–H groups in total. The molecule has 0 aliphatic rings. The first-order valence-corrected chi connectivity index (χ1v) is 9.19. The molecule has 0 heterocycles. The molecule has 0 saturated heterocycles. The van der Waals surface area contributed by atoms with Crippen LogP contribution in [0.5, 0.6) is 0 Å². The van der Waals surface area contributed by atoms with Crippen molar-refractivity contribution >= 4 is 46.8 Å². The van der Waals surface area contributed by atoms with Crippen molar-refractivity contribution in [3.05, 3.63) is 0 Å². The number of hydrogen-bond acceptors (Lipinski definition) is 5. The van der Waals surface area contributed by atoms with E-state index in [-0.39, 0.29) is 0 Å². The Morgan fingerprint density at radius 3 is 0.636 bits per heavy atom. The second kappa shape index (κ2) is 19.4. The van der Waals surface area contributed by atoms with Crippen LogP contribution in [0.3, 0.4) is 0 Å². The summed E-state index contributed by atoms with van der Waals surface area (Å²) in [6.07, 6.45) is 0. The second-order valence-electron chi connectivity index (χ2n) is 1.56. The van der Waals surface area contributed by atoms with Gasteiger partial charge in [0.15, 0.2) is 0 Å². The van der Waals surface area contributed by atoms with Crippen LogP contribution < -0.4 is 0 Å². The lowest BCUT2D eigenvalue weighted by atomic mass is 15.8. The van der Waals surface area contributed by atoms with Crippen molar-refractivity contribution in [2.75, 3.05) is 0 Å². The van der Waals surface area contributed by atoms with Crippen LogP contribution >= 0.6 is 26.0 Å². The maximum absolute atomic E-state index is 9.73. The summed E-state index contributed by atoms with van der Waals surface area (Å²) >= 11 is 0. The van der Waals surface area contributed by atoms with Gasteiger partial charge >= 0.3 is 46.8 Å². The third-order valence-electron chi connectivity index (χ3n) is 0. The molecule has 0 fully saturated rings. The van der Waals surface area contributed by atoms with Crippen LogP contribution in [0.15, 0.2) is 0 Å². The van der Waals surface area contributed by atoms with E-state index in [1.54, 1.807) is 0 Å². The quantitative estimate of drug-likeness (QED) is 0.178. The van der Waals surface area contributed by atoms with Gasteiger partial charge in [-0.05, 0) is 0 Å². The van der Waals surface area contributed by atoms with Gasteiger partial charge in [-0.25, -0.2) is 0 Å². The van der Waals surface area contributed by atoms with E-state index in [2.05, 4.69) is 0 Å². The fourth-order valence-corrected chi connectivity index (χ4v) is 0. The summed E-state index contributed by atoms with van der Waals surface area (Å²) < 4.78 is 130. The molecule has 0 radical (unpaired) electrons. The first-order valence-electron chi connectivity index (χ1n) is 3.06. The fourth-order valence-electron chi connectivity index (χ4n) is 0. The molecule has 0 atom stereocenters. The van der Waals surface area contributed by atoms with Gasteiger partial charge in [-0.2, -0.15) is 42.0 Å². The highest BCUT2D eigenvalue weighted by atomic mass is 32.3. The van der Waals surface area contributed by atoms with Gasteiger partial charge in [-0.3, -0.25) is 22.8 Å². The Morgan fingerprint density at radius 1 is 0.636 bits per heavy atom. The summed E-state index contributed by atoms with van der Waals surface area (Å²) in [6, 6.07) is 0. The maximum Gasteiger partial charge on any atom is 0.456 e. The topological polar surface area (TPSA) is 207 Å². The van der Waals surface area contributed by atoms with Crippen LogP contribution in [0, 0.1) is 0 Å². The Morgan fingerprint density at radius 2 is 0.636 bits per heavy atom. The fraction of sp³-hybridized carbons (Fsp3) is 0. The van der Waals surface area contributed by atoms with Crippen molar-refractivity contribution in [3.8, 4) is 0 Å². The van der Waals surface area contributed by atoms with Crippen LogP contribution in [0.2, 0.25) is 0 Å². The highest BCUT2D eigenvalue weighted by molar-refractivity contribution is 7.80. The van der Waals surface area contributed by atoms with E-state index < -0.39 is 46.8 Å². The molecule has 0 amide bonds. The first-order chi connectivity index (χ1) is 9.20. The highest BCUT2D eigenvalue weighted by Gasteiger charge is 1.92. The zero-order valence-corrected chi connectivity index (χ0v) is 13.6. The second-order valence-corrected chi connectivity index (χ2v) is 4.68. The van der Waals surface area contributed by atoms with Crippen molar-refractivity contribution in [1.29, 1.82) is 0 Å². The van der Waals surface area contributed by atoms with Crippen LogP contribution in [-0.2, 0) is 25.4 Å². The van der Waals surface area contributed by atoms with Gasteiger partial charge < -0.3 is 9.79 Å². The molecule has 0 saturated carbocycles. The lowest BCUT2D eigenvalue weighted by Crippen LogP contribution is -1.89. The zero-order valence-electron chi connectivity index (χ0n) is 9.20. The van der Waals surface area contributed by atoms with Gasteiger partial charge in [0.25, 0.3) is 0 Å². The number of rotatable bonds is 0. The summed E-state index contributed by atoms with van der Waals surface area (Å²) in [4.78, 5) is 14.3. The summed E-state index contributed by atoms with van der Waals surface area (Å²) in [5.74, 6) is 0. The van der Waals surface area contributed by atoms with Gasteiger partial charge in [0.1, 0.15) is 0 Å². The lowest BCUT2D eigenvalue weighted by molar-refractivity contribution is 0.378. The minimum Gasteiger partial charge on any atom is -0.326 e. The smallest absolute Gasteiger partial charge is 0.326 e. The van der Waals surface area contributed by atoms with Gasteiger partial charge in [0.05, 0.1) is 0 Å². The average molecular weight is 454 g/mol. The van der Waals surface area contributed by atoms with Crippen LogP contribution in [-0.4, -0.2) is 44.8 Å². The molecule has 0 aromatic carbocycles. The molecule has 0 aromatic heterocycles. The minimum atomic E-state index is -4.67. The number of halogens is 6.